The molecule has 0 spiro atoms. The third kappa shape index (κ3) is 2.54. The van der Waals surface area contributed by atoms with Crippen molar-refractivity contribution in [2.75, 3.05) is 13.7 Å². The van der Waals surface area contributed by atoms with E-state index in [1.165, 1.54) is 12.8 Å². The first kappa shape index (κ1) is 11.7. The molecule has 0 radical (unpaired) electrons. The number of H-pyrrole nitrogens is 1. The van der Waals surface area contributed by atoms with E-state index in [-0.39, 0.29) is 0 Å². The fourth-order valence-electron chi connectivity index (χ4n) is 2.36. The summed E-state index contributed by atoms with van der Waals surface area (Å²) >= 11 is 0. The van der Waals surface area contributed by atoms with Gasteiger partial charge in [0.15, 0.2) is 0 Å². The largest absolute Gasteiger partial charge is 0.383 e. The van der Waals surface area contributed by atoms with Crippen LogP contribution in [0.3, 0.4) is 0 Å². The molecule has 0 bridgehead atoms. The molecular formula is C14H19N3O. The summed E-state index contributed by atoms with van der Waals surface area (Å²) in [5.74, 6) is 1.78. The fourth-order valence-corrected chi connectivity index (χ4v) is 2.36. The Bertz CT molecular complexity index is 485. The molecule has 1 aliphatic rings. The summed E-state index contributed by atoms with van der Waals surface area (Å²) in [5.41, 5.74) is 2.13. The number of methoxy groups -OCH3 is 1. The Morgan fingerprint density at radius 2 is 2.28 bits per heavy atom. The molecule has 1 heterocycles. The van der Waals surface area contributed by atoms with Crippen molar-refractivity contribution in [2.24, 2.45) is 5.92 Å². The second kappa shape index (κ2) is 5.08. The third-order valence-corrected chi connectivity index (χ3v) is 3.51. The number of aromatic nitrogens is 2. The lowest BCUT2D eigenvalue weighted by atomic mass is 10.2. The number of para-hydroxylation sites is 2. The van der Waals surface area contributed by atoms with E-state index in [4.69, 9.17) is 4.74 Å². The molecule has 96 valence electrons. The Morgan fingerprint density at radius 3 is 3.00 bits per heavy atom. The molecule has 18 heavy (non-hydrogen) atoms. The summed E-state index contributed by atoms with van der Waals surface area (Å²) in [6.45, 7) is 1.56. The zero-order valence-corrected chi connectivity index (χ0v) is 10.6. The normalized spacial score (nSPS) is 17.2. The van der Waals surface area contributed by atoms with Crippen molar-refractivity contribution in [3.63, 3.8) is 0 Å². The van der Waals surface area contributed by atoms with Crippen LogP contribution in [0, 0.1) is 5.92 Å². The van der Waals surface area contributed by atoms with Crippen molar-refractivity contribution in [1.29, 1.82) is 0 Å². The minimum Gasteiger partial charge on any atom is -0.383 e. The standard InChI is InChI=1S/C14H19N3O/c1-18-9-13(10-6-7-10)15-8-14-16-11-4-2-3-5-12(11)17-14/h2-5,10,13,15H,6-9H2,1H3,(H,16,17). The van der Waals surface area contributed by atoms with Crippen molar-refractivity contribution >= 4 is 11.0 Å². The third-order valence-electron chi connectivity index (χ3n) is 3.51. The zero-order valence-electron chi connectivity index (χ0n) is 10.6. The maximum Gasteiger partial charge on any atom is 0.121 e. The summed E-state index contributed by atoms with van der Waals surface area (Å²) < 4.78 is 5.26. The van der Waals surface area contributed by atoms with Crippen LogP contribution in [0.1, 0.15) is 18.7 Å². The van der Waals surface area contributed by atoms with Crippen molar-refractivity contribution in [3.8, 4) is 0 Å². The van der Waals surface area contributed by atoms with Gasteiger partial charge in [0.2, 0.25) is 0 Å². The van der Waals surface area contributed by atoms with Crippen LogP contribution >= 0.6 is 0 Å². The highest BCUT2D eigenvalue weighted by atomic mass is 16.5. The summed E-state index contributed by atoms with van der Waals surface area (Å²) in [5, 5.41) is 3.54. The van der Waals surface area contributed by atoms with E-state index < -0.39 is 0 Å². The van der Waals surface area contributed by atoms with Gasteiger partial charge in [0.1, 0.15) is 5.82 Å². The molecule has 0 amide bonds. The zero-order chi connectivity index (χ0) is 12.4. The Morgan fingerprint density at radius 1 is 1.44 bits per heavy atom. The first-order valence-electron chi connectivity index (χ1n) is 6.53. The number of nitrogens with one attached hydrogen (secondary N) is 2. The van der Waals surface area contributed by atoms with Gasteiger partial charge in [-0.1, -0.05) is 12.1 Å². The second-order valence-corrected chi connectivity index (χ2v) is 4.98. The van der Waals surface area contributed by atoms with Gasteiger partial charge in [-0.3, -0.25) is 0 Å². The first-order chi connectivity index (χ1) is 8.86. The van der Waals surface area contributed by atoms with Gasteiger partial charge in [-0.25, -0.2) is 4.98 Å². The van der Waals surface area contributed by atoms with Gasteiger partial charge in [-0.05, 0) is 30.9 Å². The summed E-state index contributed by atoms with van der Waals surface area (Å²) in [7, 11) is 1.76. The van der Waals surface area contributed by atoms with Crippen LogP contribution in [0.15, 0.2) is 24.3 Å². The molecule has 1 aromatic heterocycles. The van der Waals surface area contributed by atoms with Crippen LogP contribution < -0.4 is 5.32 Å². The Labute approximate surface area is 107 Å². The molecule has 1 saturated carbocycles. The van der Waals surface area contributed by atoms with Gasteiger partial charge >= 0.3 is 0 Å². The molecule has 2 N–H and O–H groups in total. The van der Waals surface area contributed by atoms with Gasteiger partial charge < -0.3 is 15.0 Å². The van der Waals surface area contributed by atoms with E-state index in [1.54, 1.807) is 7.11 Å². The van der Waals surface area contributed by atoms with Crippen molar-refractivity contribution < 1.29 is 4.74 Å². The van der Waals surface area contributed by atoms with Gasteiger partial charge in [0.05, 0.1) is 24.2 Å². The Hall–Kier alpha value is -1.39. The van der Waals surface area contributed by atoms with Crippen LogP contribution in [0.5, 0.6) is 0 Å². The lowest BCUT2D eigenvalue weighted by molar-refractivity contribution is 0.156. The van der Waals surface area contributed by atoms with E-state index in [0.29, 0.717) is 6.04 Å². The molecular weight excluding hydrogens is 226 g/mol. The molecule has 2 aromatic rings. The number of hydrogen-bond donors (Lipinski definition) is 2. The predicted octanol–water partition coefficient (Wildman–Crippen LogP) is 2.08. The van der Waals surface area contributed by atoms with E-state index in [9.17, 15) is 0 Å². The fraction of sp³-hybridized carbons (Fsp3) is 0.500. The lowest BCUT2D eigenvalue weighted by Gasteiger charge is -2.16. The van der Waals surface area contributed by atoms with E-state index in [2.05, 4.69) is 21.4 Å². The van der Waals surface area contributed by atoms with E-state index in [1.807, 2.05) is 18.2 Å². The highest BCUT2D eigenvalue weighted by Crippen LogP contribution is 2.32. The quantitative estimate of drug-likeness (QED) is 0.819. The van der Waals surface area contributed by atoms with Crippen molar-refractivity contribution in [3.05, 3.63) is 30.1 Å². The van der Waals surface area contributed by atoms with Gasteiger partial charge in [0.25, 0.3) is 0 Å². The Balaban J connectivity index is 1.64. The number of nitrogens with zero attached hydrogens (tertiary/aromatic N) is 1. The Kier molecular flexibility index (Phi) is 3.30. The lowest BCUT2D eigenvalue weighted by Crippen LogP contribution is -2.34. The van der Waals surface area contributed by atoms with Gasteiger partial charge in [0, 0.05) is 13.2 Å². The number of imidazole rings is 1. The smallest absolute Gasteiger partial charge is 0.121 e. The van der Waals surface area contributed by atoms with Crippen LogP contribution in [-0.2, 0) is 11.3 Å². The molecule has 4 heteroatoms. The average molecular weight is 245 g/mol. The second-order valence-electron chi connectivity index (χ2n) is 4.98. The van der Waals surface area contributed by atoms with Crippen LogP contribution in [-0.4, -0.2) is 29.7 Å². The number of rotatable bonds is 6. The van der Waals surface area contributed by atoms with Crippen LogP contribution in [0.4, 0.5) is 0 Å². The molecule has 1 atom stereocenters. The molecule has 1 unspecified atom stereocenters. The van der Waals surface area contributed by atoms with Gasteiger partial charge in [-0.15, -0.1) is 0 Å². The molecule has 1 aromatic carbocycles. The number of benzene rings is 1. The average Bonchev–Trinajstić information content (AvgIpc) is 3.13. The van der Waals surface area contributed by atoms with Gasteiger partial charge in [-0.2, -0.15) is 0 Å². The molecule has 0 saturated heterocycles. The number of hydrogen-bond acceptors (Lipinski definition) is 3. The minimum atomic E-state index is 0.461. The topological polar surface area (TPSA) is 49.9 Å². The summed E-state index contributed by atoms with van der Waals surface area (Å²) in [6.07, 6.45) is 2.64. The number of fused-ring (bicyclic) bond motifs is 1. The van der Waals surface area contributed by atoms with E-state index >= 15 is 0 Å². The first-order valence-corrected chi connectivity index (χ1v) is 6.53. The maximum atomic E-state index is 5.26. The maximum absolute atomic E-state index is 5.26. The summed E-state index contributed by atoms with van der Waals surface area (Å²) in [6, 6.07) is 8.58. The monoisotopic (exact) mass is 245 g/mol. The molecule has 3 rings (SSSR count). The van der Waals surface area contributed by atoms with Crippen molar-refractivity contribution in [2.45, 2.75) is 25.4 Å². The highest BCUT2D eigenvalue weighted by molar-refractivity contribution is 5.74. The SMILES string of the molecule is COCC(NCc1nc2ccccc2[nH]1)C1CC1. The van der Waals surface area contributed by atoms with E-state index in [0.717, 1.165) is 35.9 Å². The highest BCUT2D eigenvalue weighted by Gasteiger charge is 2.30. The number of ether oxygens (including phenoxy) is 1. The van der Waals surface area contributed by atoms with Crippen molar-refractivity contribution in [1.82, 2.24) is 15.3 Å². The molecule has 1 aliphatic carbocycles. The molecule has 0 aliphatic heterocycles. The minimum absolute atomic E-state index is 0.461. The molecule has 1 fully saturated rings. The number of aromatic amines is 1. The van der Waals surface area contributed by atoms with Crippen LogP contribution in [0.2, 0.25) is 0 Å². The predicted molar refractivity (Wildman–Crippen MR) is 71.3 cm³/mol. The van der Waals surface area contributed by atoms with Crippen LogP contribution in [0.25, 0.3) is 11.0 Å². The summed E-state index contributed by atoms with van der Waals surface area (Å²) in [4.78, 5) is 7.90. The molecule has 4 nitrogen and oxygen atoms in total.